The van der Waals surface area contributed by atoms with E-state index in [4.69, 9.17) is 4.74 Å². The van der Waals surface area contributed by atoms with Crippen LogP contribution >= 0.6 is 11.3 Å². The predicted octanol–water partition coefficient (Wildman–Crippen LogP) is 0.973. The number of aromatic nitrogens is 3. The molecule has 1 aliphatic heterocycles. The highest BCUT2D eigenvalue weighted by Gasteiger charge is 2.30. The molecule has 4 rings (SSSR count). The summed E-state index contributed by atoms with van der Waals surface area (Å²) < 4.78 is 7.12. The number of nitrogens with zero attached hydrogens (tertiary/aromatic N) is 4. The lowest BCUT2D eigenvalue weighted by Gasteiger charge is -2.34. The maximum atomic E-state index is 12.1. The Kier molecular flexibility index (Phi) is 4.08. The number of benzene rings is 1. The van der Waals surface area contributed by atoms with Crippen LogP contribution in [0.3, 0.4) is 0 Å². The summed E-state index contributed by atoms with van der Waals surface area (Å²) in [4.78, 5) is 31.1. The molecule has 1 amide bonds. The summed E-state index contributed by atoms with van der Waals surface area (Å²) in [5, 5.41) is 7.76. The molecule has 3 aromatic rings. The van der Waals surface area contributed by atoms with E-state index < -0.39 is 6.10 Å². The molecule has 1 atom stereocenters. The largest absolute Gasteiger partial charge is 0.477 e. The molecule has 1 N–H and O–H groups in total. The Balaban J connectivity index is 1.69. The van der Waals surface area contributed by atoms with Crippen molar-refractivity contribution >= 4 is 27.9 Å². The third-order valence-corrected chi connectivity index (χ3v) is 5.03. The van der Waals surface area contributed by atoms with Crippen LogP contribution in [-0.2, 0) is 11.3 Å². The molecule has 0 bridgehead atoms. The first-order valence-electron chi connectivity index (χ1n) is 8.14. The molecule has 9 heteroatoms. The molecule has 0 unspecified atom stereocenters. The number of fused-ring (bicyclic) bond motifs is 2. The van der Waals surface area contributed by atoms with Crippen molar-refractivity contribution in [2.24, 2.45) is 0 Å². The molecule has 0 fully saturated rings. The second-order valence-electron chi connectivity index (χ2n) is 5.99. The van der Waals surface area contributed by atoms with Crippen LogP contribution in [0.2, 0.25) is 0 Å². The first kappa shape index (κ1) is 16.5. The number of hydrogen-bond donors (Lipinski definition) is 1. The Hall–Kier alpha value is -2.94. The van der Waals surface area contributed by atoms with Crippen molar-refractivity contribution in [1.29, 1.82) is 0 Å². The highest BCUT2D eigenvalue weighted by Crippen LogP contribution is 2.34. The van der Waals surface area contributed by atoms with Crippen molar-refractivity contribution in [3.8, 4) is 5.75 Å². The van der Waals surface area contributed by atoms with Crippen LogP contribution in [0.1, 0.15) is 10.7 Å². The van der Waals surface area contributed by atoms with Crippen LogP contribution in [0.4, 0.5) is 5.69 Å². The van der Waals surface area contributed by atoms with Gasteiger partial charge >= 0.3 is 0 Å². The van der Waals surface area contributed by atoms with E-state index >= 15 is 0 Å². The molecule has 8 nitrogen and oxygen atoms in total. The normalized spacial score (nSPS) is 16.2. The van der Waals surface area contributed by atoms with Crippen molar-refractivity contribution < 1.29 is 9.53 Å². The van der Waals surface area contributed by atoms with Gasteiger partial charge < -0.3 is 15.0 Å². The van der Waals surface area contributed by atoms with E-state index in [1.54, 1.807) is 14.0 Å². The zero-order valence-corrected chi connectivity index (χ0v) is 15.1. The highest BCUT2D eigenvalue weighted by molar-refractivity contribution is 7.16. The maximum absolute atomic E-state index is 12.1. The van der Waals surface area contributed by atoms with Gasteiger partial charge in [0, 0.05) is 18.8 Å². The van der Waals surface area contributed by atoms with Gasteiger partial charge in [0.15, 0.2) is 6.10 Å². The third kappa shape index (κ3) is 2.90. The van der Waals surface area contributed by atoms with Gasteiger partial charge in [0.25, 0.3) is 11.5 Å². The van der Waals surface area contributed by atoms with E-state index in [9.17, 15) is 9.59 Å². The van der Waals surface area contributed by atoms with Gasteiger partial charge in [-0.05, 0) is 19.1 Å². The molecule has 0 saturated carbocycles. The zero-order valence-electron chi connectivity index (χ0n) is 14.3. The number of carbonyl (C=O) groups is 1. The van der Waals surface area contributed by atoms with Gasteiger partial charge in [-0.2, -0.15) is 9.61 Å². The number of likely N-dealkylation sites (N-methyl/N-ethyl adjacent to an activating group) is 1. The van der Waals surface area contributed by atoms with Crippen molar-refractivity contribution in [2.45, 2.75) is 19.6 Å². The molecular formula is C17H17N5O3S. The number of carbonyl (C=O) groups excluding carboxylic acids is 1. The minimum absolute atomic E-state index is 0.178. The fourth-order valence-corrected chi connectivity index (χ4v) is 3.90. The van der Waals surface area contributed by atoms with E-state index in [-0.39, 0.29) is 11.5 Å². The first-order valence-corrected chi connectivity index (χ1v) is 8.95. The fourth-order valence-electron chi connectivity index (χ4n) is 2.94. The molecule has 0 spiro atoms. The second kappa shape index (κ2) is 6.41. The van der Waals surface area contributed by atoms with Gasteiger partial charge in [0.1, 0.15) is 10.8 Å². The van der Waals surface area contributed by atoms with E-state index in [0.717, 1.165) is 10.7 Å². The monoisotopic (exact) mass is 371 g/mol. The maximum Gasteiger partial charge on any atom is 0.275 e. The molecule has 134 valence electrons. The van der Waals surface area contributed by atoms with Crippen molar-refractivity contribution in [1.82, 2.24) is 19.9 Å². The second-order valence-corrected chi connectivity index (χ2v) is 7.04. The molecule has 2 aromatic heterocycles. The van der Waals surface area contributed by atoms with Crippen LogP contribution in [0, 0.1) is 6.92 Å². The van der Waals surface area contributed by atoms with Gasteiger partial charge in [-0.3, -0.25) is 9.59 Å². The Bertz CT molecular complexity index is 1040. The molecule has 26 heavy (non-hydrogen) atoms. The van der Waals surface area contributed by atoms with Gasteiger partial charge in [-0.15, -0.1) is 0 Å². The molecule has 0 saturated heterocycles. The molecule has 1 aliphatic rings. The summed E-state index contributed by atoms with van der Waals surface area (Å²) in [5.74, 6) is 0.474. The van der Waals surface area contributed by atoms with Crippen LogP contribution in [-0.4, -0.2) is 40.2 Å². The van der Waals surface area contributed by atoms with E-state index in [0.29, 0.717) is 29.5 Å². The van der Waals surface area contributed by atoms with Crippen LogP contribution < -0.4 is 20.5 Å². The molecule has 0 aliphatic carbocycles. The molecule has 3 heterocycles. The van der Waals surface area contributed by atoms with E-state index in [2.05, 4.69) is 15.4 Å². The SMILES string of the molecule is CNC(=O)[C@H]1CN(Cc2nn3c(=O)cc(C)nc3s2)c2ccccc2O1. The standard InChI is InChI=1S/C17H17N5O3S/c1-10-7-15(23)22-17(19-10)26-14(20-22)9-21-8-13(16(24)18-2)25-12-6-4-3-5-11(12)21/h3-7,13H,8-9H2,1-2H3,(H,18,24)/t13-/m1/s1. The van der Waals surface area contributed by atoms with Crippen LogP contribution in [0.5, 0.6) is 5.75 Å². The number of ether oxygens (including phenoxy) is 1. The number of nitrogens with one attached hydrogen (secondary N) is 1. The molecule has 1 aromatic carbocycles. The summed E-state index contributed by atoms with van der Waals surface area (Å²) in [6.45, 7) is 2.64. The molecular weight excluding hydrogens is 354 g/mol. The number of rotatable bonds is 3. The number of hydrogen-bond acceptors (Lipinski definition) is 7. The summed E-state index contributed by atoms with van der Waals surface area (Å²) in [6.07, 6.45) is -0.604. The topological polar surface area (TPSA) is 88.8 Å². The van der Waals surface area contributed by atoms with Gasteiger partial charge in [0.05, 0.1) is 18.8 Å². The highest BCUT2D eigenvalue weighted by atomic mass is 32.1. The lowest BCUT2D eigenvalue weighted by Crippen LogP contribution is -2.47. The summed E-state index contributed by atoms with van der Waals surface area (Å²) in [7, 11) is 1.59. The minimum Gasteiger partial charge on any atom is -0.477 e. The van der Waals surface area contributed by atoms with Gasteiger partial charge in [0.2, 0.25) is 4.96 Å². The van der Waals surface area contributed by atoms with E-state index in [1.165, 1.54) is 21.9 Å². The van der Waals surface area contributed by atoms with Gasteiger partial charge in [-0.25, -0.2) is 4.98 Å². The minimum atomic E-state index is -0.604. The smallest absolute Gasteiger partial charge is 0.275 e. The Morgan fingerprint density at radius 3 is 3.04 bits per heavy atom. The summed E-state index contributed by atoms with van der Waals surface area (Å²) >= 11 is 1.37. The molecule has 0 radical (unpaired) electrons. The number of para-hydroxylation sites is 2. The van der Waals surface area contributed by atoms with Crippen molar-refractivity contribution in [2.75, 3.05) is 18.5 Å². The Morgan fingerprint density at radius 1 is 1.42 bits per heavy atom. The number of amides is 1. The lowest BCUT2D eigenvalue weighted by atomic mass is 10.2. The van der Waals surface area contributed by atoms with Crippen molar-refractivity contribution in [3.05, 3.63) is 51.4 Å². The Labute approximate surface area is 153 Å². The van der Waals surface area contributed by atoms with Crippen LogP contribution in [0.25, 0.3) is 4.96 Å². The third-order valence-electron chi connectivity index (χ3n) is 4.14. The number of aryl methyl sites for hydroxylation is 1. The first-order chi connectivity index (χ1) is 12.5. The van der Waals surface area contributed by atoms with Crippen molar-refractivity contribution in [3.63, 3.8) is 0 Å². The quantitative estimate of drug-likeness (QED) is 0.738. The Morgan fingerprint density at radius 2 is 2.23 bits per heavy atom. The summed E-state index contributed by atoms with van der Waals surface area (Å²) in [5.41, 5.74) is 1.37. The fraction of sp³-hybridized carbons (Fsp3) is 0.294. The lowest BCUT2D eigenvalue weighted by molar-refractivity contribution is -0.127. The zero-order chi connectivity index (χ0) is 18.3. The van der Waals surface area contributed by atoms with Gasteiger partial charge in [-0.1, -0.05) is 23.5 Å². The average Bonchev–Trinajstić information content (AvgIpc) is 3.03. The number of anilines is 1. The van der Waals surface area contributed by atoms with E-state index in [1.807, 2.05) is 29.2 Å². The summed E-state index contributed by atoms with van der Waals surface area (Å²) in [6, 6.07) is 9.03. The predicted molar refractivity (Wildman–Crippen MR) is 97.8 cm³/mol. The average molecular weight is 371 g/mol. The van der Waals surface area contributed by atoms with Crippen LogP contribution in [0.15, 0.2) is 35.1 Å².